The Bertz CT molecular complexity index is 436. The first-order chi connectivity index (χ1) is 9.74. The van der Waals surface area contributed by atoms with E-state index in [1.807, 2.05) is 24.3 Å². The number of carbonyl (C=O) groups excluding carboxylic acids is 1. The minimum Gasteiger partial charge on any atom is -0.355 e. The lowest BCUT2D eigenvalue weighted by Gasteiger charge is -2.21. The maximum Gasteiger partial charge on any atom is 0.230 e. The van der Waals surface area contributed by atoms with Gasteiger partial charge in [-0.2, -0.15) is 0 Å². The summed E-state index contributed by atoms with van der Waals surface area (Å²) in [6, 6.07) is 7.77. The van der Waals surface area contributed by atoms with Crippen molar-refractivity contribution in [2.75, 3.05) is 25.4 Å². The SMILES string of the molecule is O=C(CSC1CCNCC1)NCCc1cccc(Cl)c1. The molecule has 110 valence electrons. The van der Waals surface area contributed by atoms with Gasteiger partial charge in [0.1, 0.15) is 0 Å². The highest BCUT2D eigenvalue weighted by Crippen LogP contribution is 2.19. The fourth-order valence-corrected chi connectivity index (χ4v) is 3.52. The van der Waals surface area contributed by atoms with E-state index in [9.17, 15) is 4.79 Å². The molecule has 1 aliphatic rings. The van der Waals surface area contributed by atoms with Crippen molar-refractivity contribution in [1.29, 1.82) is 0 Å². The summed E-state index contributed by atoms with van der Waals surface area (Å²) in [5.74, 6) is 0.704. The Balaban J connectivity index is 1.60. The van der Waals surface area contributed by atoms with Gasteiger partial charge in [-0.3, -0.25) is 4.79 Å². The van der Waals surface area contributed by atoms with Gasteiger partial charge in [-0.15, -0.1) is 11.8 Å². The Labute approximate surface area is 129 Å². The molecule has 1 aromatic rings. The molecule has 1 aromatic carbocycles. The lowest BCUT2D eigenvalue weighted by Crippen LogP contribution is -2.32. The Morgan fingerprint density at radius 3 is 2.95 bits per heavy atom. The molecule has 0 bridgehead atoms. The molecule has 2 rings (SSSR count). The number of hydrogen-bond acceptors (Lipinski definition) is 3. The number of thioether (sulfide) groups is 1. The molecule has 1 amide bonds. The molecule has 2 N–H and O–H groups in total. The Morgan fingerprint density at radius 2 is 2.20 bits per heavy atom. The second-order valence-electron chi connectivity index (χ2n) is 4.99. The smallest absolute Gasteiger partial charge is 0.230 e. The molecule has 1 heterocycles. The largest absolute Gasteiger partial charge is 0.355 e. The van der Waals surface area contributed by atoms with Gasteiger partial charge in [-0.25, -0.2) is 0 Å². The average molecular weight is 313 g/mol. The van der Waals surface area contributed by atoms with E-state index in [1.54, 1.807) is 11.8 Å². The Hall–Kier alpha value is -0.710. The van der Waals surface area contributed by atoms with Crippen LogP contribution in [-0.4, -0.2) is 36.5 Å². The van der Waals surface area contributed by atoms with Crippen LogP contribution in [0.4, 0.5) is 0 Å². The molecule has 1 aliphatic heterocycles. The van der Waals surface area contributed by atoms with Crippen molar-refractivity contribution in [2.24, 2.45) is 0 Å². The summed E-state index contributed by atoms with van der Waals surface area (Å²) in [6.45, 7) is 2.83. The van der Waals surface area contributed by atoms with Crippen LogP contribution in [0.3, 0.4) is 0 Å². The van der Waals surface area contributed by atoms with Gasteiger partial charge in [0.05, 0.1) is 5.75 Å². The standard InChI is InChI=1S/C15H21ClN2OS/c16-13-3-1-2-12(10-13)4-9-18-15(19)11-20-14-5-7-17-8-6-14/h1-3,10,14,17H,4-9,11H2,(H,18,19). The number of hydrogen-bond donors (Lipinski definition) is 2. The molecule has 1 fully saturated rings. The lowest BCUT2D eigenvalue weighted by atomic mass is 10.1. The van der Waals surface area contributed by atoms with Crippen LogP contribution in [-0.2, 0) is 11.2 Å². The van der Waals surface area contributed by atoms with Gasteiger partial charge in [-0.1, -0.05) is 23.7 Å². The zero-order valence-corrected chi connectivity index (χ0v) is 13.1. The molecule has 0 aliphatic carbocycles. The van der Waals surface area contributed by atoms with Crippen LogP contribution in [0.1, 0.15) is 18.4 Å². The third-order valence-electron chi connectivity index (χ3n) is 3.36. The van der Waals surface area contributed by atoms with E-state index in [0.29, 0.717) is 17.5 Å². The van der Waals surface area contributed by atoms with E-state index in [0.717, 1.165) is 30.1 Å². The summed E-state index contributed by atoms with van der Waals surface area (Å²) in [4.78, 5) is 11.8. The molecule has 0 saturated carbocycles. The number of amides is 1. The van der Waals surface area contributed by atoms with Gasteiger partial charge in [-0.05, 0) is 50.0 Å². The number of carbonyl (C=O) groups is 1. The fourth-order valence-electron chi connectivity index (χ4n) is 2.25. The lowest BCUT2D eigenvalue weighted by molar-refractivity contribution is -0.118. The van der Waals surface area contributed by atoms with Gasteiger partial charge >= 0.3 is 0 Å². The zero-order chi connectivity index (χ0) is 14.2. The molecule has 0 aromatic heterocycles. The summed E-state index contributed by atoms with van der Waals surface area (Å²) in [5, 5.41) is 7.69. The van der Waals surface area contributed by atoms with Crippen molar-refractivity contribution in [1.82, 2.24) is 10.6 Å². The van der Waals surface area contributed by atoms with Crippen molar-refractivity contribution in [3.05, 3.63) is 34.9 Å². The summed E-state index contributed by atoms with van der Waals surface area (Å²) in [7, 11) is 0. The highest BCUT2D eigenvalue weighted by atomic mass is 35.5. The molecule has 5 heteroatoms. The second-order valence-corrected chi connectivity index (χ2v) is 6.72. The van der Waals surface area contributed by atoms with Crippen LogP contribution in [0.15, 0.2) is 24.3 Å². The van der Waals surface area contributed by atoms with Crippen LogP contribution < -0.4 is 10.6 Å². The molecule has 0 spiro atoms. The first kappa shape index (κ1) is 15.7. The maximum atomic E-state index is 11.8. The predicted molar refractivity (Wildman–Crippen MR) is 86.5 cm³/mol. The van der Waals surface area contributed by atoms with Crippen LogP contribution >= 0.6 is 23.4 Å². The maximum absolute atomic E-state index is 11.8. The summed E-state index contributed by atoms with van der Waals surface area (Å²) < 4.78 is 0. The molecular weight excluding hydrogens is 292 g/mol. The molecule has 0 unspecified atom stereocenters. The first-order valence-electron chi connectivity index (χ1n) is 7.07. The Morgan fingerprint density at radius 1 is 1.40 bits per heavy atom. The van der Waals surface area contributed by atoms with Crippen molar-refractivity contribution in [3.8, 4) is 0 Å². The second kappa shape index (κ2) is 8.55. The van der Waals surface area contributed by atoms with E-state index in [4.69, 9.17) is 11.6 Å². The first-order valence-corrected chi connectivity index (χ1v) is 8.50. The fraction of sp³-hybridized carbons (Fsp3) is 0.533. The van der Waals surface area contributed by atoms with E-state index < -0.39 is 0 Å². The number of piperidine rings is 1. The van der Waals surface area contributed by atoms with E-state index in [2.05, 4.69) is 10.6 Å². The molecule has 0 atom stereocenters. The van der Waals surface area contributed by atoms with Gasteiger partial charge in [0.15, 0.2) is 0 Å². The summed E-state index contributed by atoms with van der Waals surface area (Å²) >= 11 is 7.71. The van der Waals surface area contributed by atoms with E-state index >= 15 is 0 Å². The van der Waals surface area contributed by atoms with Gasteiger partial charge < -0.3 is 10.6 Å². The molecule has 3 nitrogen and oxygen atoms in total. The van der Waals surface area contributed by atoms with Gasteiger partial charge in [0, 0.05) is 16.8 Å². The Kier molecular flexibility index (Phi) is 6.70. The molecular formula is C15H21ClN2OS. The van der Waals surface area contributed by atoms with Gasteiger partial charge in [0.25, 0.3) is 0 Å². The number of rotatable bonds is 6. The molecule has 1 saturated heterocycles. The summed E-state index contributed by atoms with van der Waals surface area (Å²) in [5.41, 5.74) is 1.16. The minimum atomic E-state index is 0.135. The third kappa shape index (κ3) is 5.73. The molecule has 0 radical (unpaired) electrons. The topological polar surface area (TPSA) is 41.1 Å². The van der Waals surface area contributed by atoms with Crippen LogP contribution in [0.25, 0.3) is 0 Å². The van der Waals surface area contributed by atoms with Gasteiger partial charge in [0.2, 0.25) is 5.91 Å². The predicted octanol–water partition coefficient (Wildman–Crippen LogP) is 2.48. The van der Waals surface area contributed by atoms with E-state index in [-0.39, 0.29) is 5.91 Å². The molecule has 20 heavy (non-hydrogen) atoms. The zero-order valence-electron chi connectivity index (χ0n) is 11.5. The summed E-state index contributed by atoms with van der Waals surface area (Å²) in [6.07, 6.45) is 3.16. The average Bonchev–Trinajstić information content (AvgIpc) is 2.46. The third-order valence-corrected chi connectivity index (χ3v) is 4.97. The van der Waals surface area contributed by atoms with Crippen molar-refractivity contribution < 1.29 is 4.79 Å². The number of nitrogens with one attached hydrogen (secondary N) is 2. The van der Waals surface area contributed by atoms with Crippen LogP contribution in [0, 0.1) is 0 Å². The highest BCUT2D eigenvalue weighted by Gasteiger charge is 2.14. The number of benzene rings is 1. The minimum absolute atomic E-state index is 0.135. The quantitative estimate of drug-likeness (QED) is 0.848. The normalized spacial score (nSPS) is 16.1. The van der Waals surface area contributed by atoms with Crippen LogP contribution in [0.2, 0.25) is 5.02 Å². The van der Waals surface area contributed by atoms with Crippen LogP contribution in [0.5, 0.6) is 0 Å². The number of halogens is 1. The monoisotopic (exact) mass is 312 g/mol. The van der Waals surface area contributed by atoms with Crippen molar-refractivity contribution >= 4 is 29.3 Å². The van der Waals surface area contributed by atoms with E-state index in [1.165, 1.54) is 12.8 Å². The highest BCUT2D eigenvalue weighted by molar-refractivity contribution is 8.00. The van der Waals surface area contributed by atoms with Crippen molar-refractivity contribution in [3.63, 3.8) is 0 Å². The van der Waals surface area contributed by atoms with Crippen molar-refractivity contribution in [2.45, 2.75) is 24.5 Å².